The molecule has 1 aliphatic carbocycles. The normalized spacial score (nSPS) is 16.0. The van der Waals surface area contributed by atoms with Crippen LogP contribution in [0.25, 0.3) is 0 Å². The predicted octanol–water partition coefficient (Wildman–Crippen LogP) is 8.58. The summed E-state index contributed by atoms with van der Waals surface area (Å²) in [4.78, 5) is 53.8. The van der Waals surface area contributed by atoms with E-state index in [4.69, 9.17) is 70.1 Å². The SMILES string of the molecule is CC1(C)C(NC(=O)c2ccc(OCC(=O)NCCCOCCOCCOCCCN(C(=O)CCl)C(C(=O)NCc3ccccc3)c3ccc(Cl)c(Cl)c3)cc2)C(C)(C)C1Oc1ccc(C#N)c(Cl)c1. The number of benzene rings is 4. The number of halogens is 4. The number of nitrogens with one attached hydrogen (secondary N) is 3. The Hall–Kier alpha value is -5.11. The molecule has 0 bridgehead atoms. The van der Waals surface area contributed by atoms with Crippen LogP contribution in [0.15, 0.2) is 91.0 Å². The summed E-state index contributed by atoms with van der Waals surface area (Å²) in [6.45, 7) is 10.9. The summed E-state index contributed by atoms with van der Waals surface area (Å²) in [5, 5.41) is 19.0. The molecule has 0 spiro atoms. The lowest BCUT2D eigenvalue weighted by atomic mass is 9.49. The van der Waals surface area contributed by atoms with Crippen LogP contribution in [0.2, 0.25) is 15.1 Å². The molecule has 4 aromatic carbocycles. The lowest BCUT2D eigenvalue weighted by molar-refractivity contribution is -0.164. The Morgan fingerprint density at radius 3 is 2.00 bits per heavy atom. The van der Waals surface area contributed by atoms with E-state index in [-0.39, 0.29) is 60.5 Å². The van der Waals surface area contributed by atoms with Gasteiger partial charge in [-0.2, -0.15) is 5.26 Å². The Morgan fingerprint density at radius 2 is 1.38 bits per heavy atom. The zero-order chi connectivity index (χ0) is 50.0. The van der Waals surface area contributed by atoms with Gasteiger partial charge in [-0.1, -0.05) is 98.9 Å². The summed E-state index contributed by atoms with van der Waals surface area (Å²) in [5.41, 5.74) is 1.41. The summed E-state index contributed by atoms with van der Waals surface area (Å²) in [7, 11) is 0. The average molecular weight is 1030 g/mol. The number of ether oxygens (including phenoxy) is 5. The van der Waals surface area contributed by atoms with Gasteiger partial charge < -0.3 is 44.5 Å². The second-order valence-electron chi connectivity index (χ2n) is 17.5. The molecular formula is C51H59Cl4N5O9. The average Bonchev–Trinajstić information content (AvgIpc) is 3.34. The lowest BCUT2D eigenvalue weighted by Gasteiger charge is -2.63. The quantitative estimate of drug-likeness (QED) is 0.0387. The van der Waals surface area contributed by atoms with Crippen molar-refractivity contribution in [2.24, 2.45) is 10.8 Å². The molecule has 1 aliphatic rings. The predicted molar refractivity (Wildman–Crippen MR) is 266 cm³/mol. The van der Waals surface area contributed by atoms with Crippen molar-refractivity contribution in [2.75, 3.05) is 65.2 Å². The molecule has 4 amide bonds. The van der Waals surface area contributed by atoms with Crippen LogP contribution in [-0.2, 0) is 35.1 Å². The van der Waals surface area contributed by atoms with E-state index >= 15 is 0 Å². The first-order valence-electron chi connectivity index (χ1n) is 22.6. The minimum Gasteiger partial charge on any atom is -0.489 e. The fourth-order valence-corrected chi connectivity index (χ4v) is 9.18. The highest BCUT2D eigenvalue weighted by Gasteiger charge is 2.64. The fourth-order valence-electron chi connectivity index (χ4n) is 8.51. The van der Waals surface area contributed by atoms with E-state index in [1.165, 1.54) is 4.90 Å². The minimum atomic E-state index is -0.996. The minimum absolute atomic E-state index is 0.187. The Labute approximate surface area is 424 Å². The first kappa shape index (κ1) is 54.8. The van der Waals surface area contributed by atoms with Gasteiger partial charge in [-0.15, -0.1) is 11.6 Å². The molecule has 0 saturated heterocycles. The van der Waals surface area contributed by atoms with Crippen molar-refractivity contribution in [2.45, 2.75) is 65.3 Å². The van der Waals surface area contributed by atoms with Crippen LogP contribution in [0.5, 0.6) is 11.5 Å². The molecule has 1 saturated carbocycles. The van der Waals surface area contributed by atoms with Gasteiger partial charge in [0.05, 0.1) is 47.1 Å². The Bertz CT molecular complexity index is 2370. The van der Waals surface area contributed by atoms with Crippen LogP contribution in [0.1, 0.15) is 73.6 Å². The highest BCUT2D eigenvalue weighted by Crippen LogP contribution is 2.55. The number of nitrogens with zero attached hydrogens (tertiary/aromatic N) is 2. The zero-order valence-electron chi connectivity index (χ0n) is 39.2. The van der Waals surface area contributed by atoms with Gasteiger partial charge in [0.15, 0.2) is 6.61 Å². The third-order valence-electron chi connectivity index (χ3n) is 11.7. The van der Waals surface area contributed by atoms with Gasteiger partial charge in [0.25, 0.3) is 11.8 Å². The lowest BCUT2D eigenvalue weighted by Crippen LogP contribution is -2.74. The largest absolute Gasteiger partial charge is 0.489 e. The smallest absolute Gasteiger partial charge is 0.257 e. The number of nitriles is 1. The van der Waals surface area contributed by atoms with Crippen LogP contribution in [0.4, 0.5) is 0 Å². The van der Waals surface area contributed by atoms with Gasteiger partial charge in [-0.05, 0) is 72.5 Å². The molecule has 69 heavy (non-hydrogen) atoms. The molecular weight excluding hydrogens is 968 g/mol. The second-order valence-corrected chi connectivity index (χ2v) is 19.0. The van der Waals surface area contributed by atoms with Crippen LogP contribution in [0, 0.1) is 22.2 Å². The number of rotatable bonds is 27. The summed E-state index contributed by atoms with van der Waals surface area (Å²) in [6.07, 6.45) is 0.795. The van der Waals surface area contributed by atoms with Crippen molar-refractivity contribution in [3.63, 3.8) is 0 Å². The molecule has 0 radical (unpaired) electrons. The number of hydrogen-bond donors (Lipinski definition) is 3. The molecule has 0 aliphatic heterocycles. The monoisotopic (exact) mass is 1030 g/mol. The maximum absolute atomic E-state index is 13.6. The molecule has 3 N–H and O–H groups in total. The number of alkyl halides is 1. The molecule has 0 heterocycles. The third-order valence-corrected chi connectivity index (χ3v) is 13.0. The maximum Gasteiger partial charge on any atom is 0.257 e. The van der Waals surface area contributed by atoms with E-state index in [1.54, 1.807) is 60.7 Å². The molecule has 0 aromatic heterocycles. The van der Waals surface area contributed by atoms with Gasteiger partial charge >= 0.3 is 0 Å². The highest BCUT2D eigenvalue weighted by atomic mass is 35.5. The molecule has 14 nitrogen and oxygen atoms in total. The van der Waals surface area contributed by atoms with E-state index in [0.717, 1.165) is 5.56 Å². The van der Waals surface area contributed by atoms with E-state index in [2.05, 4.69) is 16.0 Å². The van der Waals surface area contributed by atoms with Gasteiger partial charge in [0.2, 0.25) is 11.8 Å². The maximum atomic E-state index is 13.6. The van der Waals surface area contributed by atoms with Gasteiger partial charge in [0, 0.05) is 61.3 Å². The molecule has 1 unspecified atom stereocenters. The molecule has 4 aromatic rings. The Balaban J connectivity index is 0.907. The first-order valence-corrected chi connectivity index (χ1v) is 24.3. The van der Waals surface area contributed by atoms with Crippen LogP contribution in [-0.4, -0.2) is 106 Å². The molecule has 370 valence electrons. The Morgan fingerprint density at radius 1 is 0.739 bits per heavy atom. The molecule has 1 fully saturated rings. The number of hydrogen-bond acceptors (Lipinski definition) is 10. The molecule has 1 atom stereocenters. The van der Waals surface area contributed by atoms with Gasteiger partial charge in [0.1, 0.15) is 35.6 Å². The fraction of sp³-hybridized carbons (Fsp3) is 0.431. The van der Waals surface area contributed by atoms with Crippen molar-refractivity contribution >= 4 is 70.0 Å². The summed E-state index contributed by atoms with van der Waals surface area (Å²) < 4.78 is 28.9. The van der Waals surface area contributed by atoms with Crippen LogP contribution < -0.4 is 25.4 Å². The highest BCUT2D eigenvalue weighted by molar-refractivity contribution is 6.42. The Kier molecular flexibility index (Phi) is 21.3. The number of carbonyl (C=O) groups excluding carboxylic acids is 4. The second kappa shape index (κ2) is 26.8. The van der Waals surface area contributed by atoms with E-state index in [1.807, 2.05) is 64.1 Å². The summed E-state index contributed by atoms with van der Waals surface area (Å²) >= 11 is 24.7. The summed E-state index contributed by atoms with van der Waals surface area (Å²) in [6, 6.07) is 26.7. The van der Waals surface area contributed by atoms with Crippen molar-refractivity contribution in [3.05, 3.63) is 128 Å². The molecule has 5 rings (SSSR count). The van der Waals surface area contributed by atoms with Gasteiger partial charge in [-0.3, -0.25) is 19.2 Å². The standard InChI is InChI=1S/C51H59Cl4N5O9/c1-50(2)48(51(3,4)49(50)69-39-18-14-37(31-56)41(54)29-39)59-46(63)35-12-16-38(17-13-35)68-33-43(61)57-20-8-22-65-24-26-67-27-25-66-23-9-21-60(44(62)30-52)45(36-15-19-40(53)42(55)28-36)47(64)58-32-34-10-6-5-7-11-34/h5-7,10-19,28-29,45,48-49H,8-9,20-27,30,32-33H2,1-4H3,(H,57,61)(H,58,64)(H,59,63). The van der Waals surface area contributed by atoms with Crippen molar-refractivity contribution < 1.29 is 42.9 Å². The topological polar surface area (TPSA) is 178 Å². The van der Waals surface area contributed by atoms with Crippen molar-refractivity contribution in [1.82, 2.24) is 20.9 Å². The first-order chi connectivity index (χ1) is 33.1. The van der Waals surface area contributed by atoms with Crippen LogP contribution in [0.3, 0.4) is 0 Å². The van der Waals surface area contributed by atoms with E-state index in [0.29, 0.717) is 97.3 Å². The van der Waals surface area contributed by atoms with E-state index < -0.39 is 22.8 Å². The van der Waals surface area contributed by atoms with Crippen LogP contribution >= 0.6 is 46.4 Å². The van der Waals surface area contributed by atoms with Gasteiger partial charge in [-0.25, -0.2) is 0 Å². The molecule has 18 heteroatoms. The van der Waals surface area contributed by atoms with Crippen molar-refractivity contribution in [3.8, 4) is 17.6 Å². The summed E-state index contributed by atoms with van der Waals surface area (Å²) in [5.74, 6) is -0.635. The number of amides is 4. The van der Waals surface area contributed by atoms with E-state index in [9.17, 15) is 24.4 Å². The zero-order valence-corrected chi connectivity index (χ0v) is 42.2. The third kappa shape index (κ3) is 15.7. The number of carbonyl (C=O) groups is 4. The van der Waals surface area contributed by atoms with Crippen molar-refractivity contribution in [1.29, 1.82) is 5.26 Å².